The maximum absolute atomic E-state index is 13.1. The number of hydrogen-bond donors (Lipinski definition) is 0. The summed E-state index contributed by atoms with van der Waals surface area (Å²) in [7, 11) is 2.06. The highest BCUT2D eigenvalue weighted by Crippen LogP contribution is 2.35. The second kappa shape index (κ2) is 8.63. The molecule has 1 aromatic heterocycles. The fourth-order valence-electron chi connectivity index (χ4n) is 5.07. The molecule has 0 saturated heterocycles. The molecule has 4 nitrogen and oxygen atoms in total. The molecule has 0 N–H and O–H groups in total. The van der Waals surface area contributed by atoms with E-state index in [-0.39, 0.29) is 18.6 Å². The number of fused-ring (bicyclic) bond motifs is 1. The van der Waals surface area contributed by atoms with E-state index in [1.807, 2.05) is 30.3 Å². The molecule has 0 radical (unpaired) electrons. The molecule has 1 saturated carbocycles. The van der Waals surface area contributed by atoms with Crippen molar-refractivity contribution >= 4 is 17.0 Å². The van der Waals surface area contributed by atoms with Crippen molar-refractivity contribution in [3.63, 3.8) is 0 Å². The van der Waals surface area contributed by atoms with Crippen LogP contribution in [0.3, 0.4) is 0 Å². The van der Waals surface area contributed by atoms with E-state index in [9.17, 15) is 4.79 Å². The Kier molecular flexibility index (Phi) is 5.94. The lowest BCUT2D eigenvalue weighted by molar-refractivity contribution is -0.634. The third kappa shape index (κ3) is 4.00. The van der Waals surface area contributed by atoms with E-state index in [1.165, 1.54) is 6.42 Å². The Balaban J connectivity index is 1.66. The van der Waals surface area contributed by atoms with E-state index >= 15 is 0 Å². The first-order chi connectivity index (χ1) is 14.5. The van der Waals surface area contributed by atoms with Gasteiger partial charge in [-0.15, -0.1) is 0 Å². The van der Waals surface area contributed by atoms with Crippen LogP contribution in [-0.2, 0) is 23.1 Å². The molecule has 3 atom stereocenters. The van der Waals surface area contributed by atoms with Gasteiger partial charge in [0.05, 0.1) is 12.6 Å². The van der Waals surface area contributed by atoms with Gasteiger partial charge in [0, 0.05) is 0 Å². The Morgan fingerprint density at radius 3 is 2.53 bits per heavy atom. The van der Waals surface area contributed by atoms with Crippen molar-refractivity contribution in [1.82, 2.24) is 4.57 Å². The van der Waals surface area contributed by atoms with Crippen LogP contribution in [0.1, 0.15) is 40.0 Å². The molecule has 4 rings (SSSR count). The van der Waals surface area contributed by atoms with Crippen molar-refractivity contribution in [2.45, 2.75) is 52.7 Å². The Morgan fingerprint density at radius 1 is 1.10 bits per heavy atom. The minimum absolute atomic E-state index is 0.0250. The molecule has 158 valence electrons. The zero-order valence-electron chi connectivity index (χ0n) is 18.5. The molecule has 1 aliphatic carbocycles. The minimum Gasteiger partial charge on any atom is -0.459 e. The molecule has 0 amide bonds. The second-order valence-corrected chi connectivity index (χ2v) is 9.18. The maximum Gasteiger partial charge on any atom is 0.348 e. The predicted molar refractivity (Wildman–Crippen MR) is 120 cm³/mol. The van der Waals surface area contributed by atoms with Crippen molar-refractivity contribution in [3.05, 3.63) is 54.6 Å². The summed E-state index contributed by atoms with van der Waals surface area (Å²) in [6.07, 6.45) is 3.37. The normalized spacial score (nSPS) is 21.8. The van der Waals surface area contributed by atoms with E-state index in [1.54, 1.807) is 0 Å². The molecule has 2 aromatic carbocycles. The number of imidazole rings is 1. The molecular weight excluding hydrogens is 372 g/mol. The zero-order chi connectivity index (χ0) is 21.3. The first kappa shape index (κ1) is 20.6. The summed E-state index contributed by atoms with van der Waals surface area (Å²) in [6, 6.07) is 18.5. The van der Waals surface area contributed by atoms with Crippen molar-refractivity contribution < 1.29 is 14.1 Å². The van der Waals surface area contributed by atoms with Crippen LogP contribution in [0, 0.1) is 17.8 Å². The summed E-state index contributed by atoms with van der Waals surface area (Å²) in [5, 5.41) is 0. The standard InChI is InChI=1S/C26H33N2O2/c1-18(2)21-15-14-19(3)16-24(21)30-25(29)17-28-23-13-9-8-12-22(23)27(4)26(28)20-10-6-5-7-11-20/h5-13,18-19,21,24H,14-17H2,1-4H3/q+1/t19-,21+,24-/m1/s1. The fraction of sp³-hybridized carbons (Fsp3) is 0.462. The molecule has 0 aliphatic heterocycles. The number of esters is 1. The molecule has 30 heavy (non-hydrogen) atoms. The van der Waals surface area contributed by atoms with Crippen LogP contribution in [0.5, 0.6) is 0 Å². The van der Waals surface area contributed by atoms with E-state index in [2.05, 4.69) is 61.2 Å². The lowest BCUT2D eigenvalue weighted by Gasteiger charge is -2.36. The van der Waals surface area contributed by atoms with Crippen LogP contribution < -0.4 is 4.57 Å². The number of aryl methyl sites for hydroxylation is 1. The summed E-state index contributed by atoms with van der Waals surface area (Å²) in [5.74, 6) is 2.48. The minimum atomic E-state index is -0.140. The molecule has 0 unspecified atom stereocenters. The van der Waals surface area contributed by atoms with Gasteiger partial charge < -0.3 is 4.74 Å². The molecule has 0 bridgehead atoms. The molecule has 3 aromatic rings. The number of para-hydroxylation sites is 2. The van der Waals surface area contributed by atoms with E-state index in [4.69, 9.17) is 4.74 Å². The Labute approximate surface area is 179 Å². The van der Waals surface area contributed by atoms with Gasteiger partial charge in [-0.25, -0.2) is 13.9 Å². The van der Waals surface area contributed by atoms with Crippen LogP contribution in [0.15, 0.2) is 54.6 Å². The van der Waals surface area contributed by atoms with E-state index < -0.39 is 0 Å². The van der Waals surface area contributed by atoms with Crippen LogP contribution >= 0.6 is 0 Å². The van der Waals surface area contributed by atoms with Crippen LogP contribution in [0.2, 0.25) is 0 Å². The largest absolute Gasteiger partial charge is 0.459 e. The predicted octanol–water partition coefficient (Wildman–Crippen LogP) is 5.14. The molecular formula is C26H33N2O2+. The average molecular weight is 406 g/mol. The van der Waals surface area contributed by atoms with Crippen LogP contribution in [-0.4, -0.2) is 16.6 Å². The van der Waals surface area contributed by atoms with Crippen molar-refractivity contribution in [2.75, 3.05) is 0 Å². The van der Waals surface area contributed by atoms with E-state index in [0.29, 0.717) is 17.8 Å². The van der Waals surface area contributed by atoms with Crippen molar-refractivity contribution in [1.29, 1.82) is 0 Å². The number of nitrogens with zero attached hydrogens (tertiary/aromatic N) is 2. The van der Waals surface area contributed by atoms with E-state index in [0.717, 1.165) is 35.3 Å². The third-order valence-electron chi connectivity index (χ3n) is 6.67. The Morgan fingerprint density at radius 2 is 1.80 bits per heavy atom. The number of ether oxygens (including phenoxy) is 1. The third-order valence-corrected chi connectivity index (χ3v) is 6.67. The SMILES string of the molecule is CC(C)[C@@H]1CC[C@@H](C)C[C@H]1OC(=O)Cn1c(-c2ccccc2)[n+](C)c2ccccc21. The topological polar surface area (TPSA) is 35.1 Å². The molecule has 1 heterocycles. The summed E-state index contributed by atoms with van der Waals surface area (Å²) in [4.78, 5) is 13.1. The number of aromatic nitrogens is 2. The van der Waals surface area contributed by atoms with Gasteiger partial charge in [-0.2, -0.15) is 0 Å². The van der Waals surface area contributed by atoms with Crippen molar-refractivity contribution in [3.8, 4) is 11.4 Å². The van der Waals surface area contributed by atoms with Crippen LogP contribution in [0.25, 0.3) is 22.4 Å². The van der Waals surface area contributed by atoms with Crippen LogP contribution in [0.4, 0.5) is 0 Å². The Bertz CT molecular complexity index is 1020. The number of rotatable bonds is 5. The maximum atomic E-state index is 13.1. The summed E-state index contributed by atoms with van der Waals surface area (Å²) >= 11 is 0. The first-order valence-corrected chi connectivity index (χ1v) is 11.2. The molecule has 1 fully saturated rings. The lowest BCUT2D eigenvalue weighted by Crippen LogP contribution is -2.37. The molecule has 1 aliphatic rings. The van der Waals surface area contributed by atoms with Gasteiger partial charge >= 0.3 is 5.97 Å². The Hall–Kier alpha value is -2.62. The zero-order valence-corrected chi connectivity index (χ0v) is 18.5. The first-order valence-electron chi connectivity index (χ1n) is 11.2. The number of benzene rings is 2. The highest BCUT2D eigenvalue weighted by molar-refractivity contribution is 5.79. The average Bonchev–Trinajstić information content (AvgIpc) is 3.00. The van der Waals surface area contributed by atoms with Crippen molar-refractivity contribution in [2.24, 2.45) is 24.8 Å². The second-order valence-electron chi connectivity index (χ2n) is 9.18. The highest BCUT2D eigenvalue weighted by Gasteiger charge is 2.34. The summed E-state index contributed by atoms with van der Waals surface area (Å²) in [6.45, 7) is 6.98. The summed E-state index contributed by atoms with van der Waals surface area (Å²) in [5.41, 5.74) is 3.25. The number of carbonyl (C=O) groups excluding carboxylic acids is 1. The molecule has 0 spiro atoms. The van der Waals surface area contributed by atoms with Gasteiger partial charge in [0.15, 0.2) is 17.6 Å². The quantitative estimate of drug-likeness (QED) is 0.435. The monoisotopic (exact) mass is 405 g/mol. The van der Waals surface area contributed by atoms with Gasteiger partial charge in [0.25, 0.3) is 5.82 Å². The van der Waals surface area contributed by atoms with Gasteiger partial charge in [0.2, 0.25) is 0 Å². The van der Waals surface area contributed by atoms with Gasteiger partial charge in [0.1, 0.15) is 6.10 Å². The van der Waals surface area contributed by atoms with Gasteiger partial charge in [-0.05, 0) is 54.9 Å². The van der Waals surface area contributed by atoms with Gasteiger partial charge in [-0.3, -0.25) is 0 Å². The van der Waals surface area contributed by atoms with Gasteiger partial charge in [-0.1, -0.05) is 57.5 Å². The highest BCUT2D eigenvalue weighted by atomic mass is 16.5. The fourth-order valence-corrected chi connectivity index (χ4v) is 5.07. The summed E-state index contributed by atoms with van der Waals surface area (Å²) < 4.78 is 10.4. The lowest BCUT2D eigenvalue weighted by atomic mass is 9.75. The number of carbonyl (C=O) groups is 1. The molecule has 4 heteroatoms. The number of hydrogen-bond acceptors (Lipinski definition) is 2. The smallest absolute Gasteiger partial charge is 0.348 e.